The topological polar surface area (TPSA) is 14.8 Å². The highest BCUT2D eigenvalue weighted by Crippen LogP contribution is 2.44. The van der Waals surface area contributed by atoms with Crippen LogP contribution in [0, 0.1) is 0 Å². The summed E-state index contributed by atoms with van der Waals surface area (Å²) in [5.41, 5.74) is 19.9. The van der Waals surface area contributed by atoms with E-state index < -0.39 is 8.07 Å². The number of hydrogen-bond donors (Lipinski definition) is 0. The zero-order valence-corrected chi connectivity index (χ0v) is 49.3. The van der Waals surface area contributed by atoms with Crippen molar-refractivity contribution in [1.29, 1.82) is 0 Å². The third-order valence-corrected chi connectivity index (χ3v) is 23.1. The first-order valence-corrected chi connectivity index (χ1v) is 32.4. The minimum absolute atomic E-state index is 1.12. The molecule has 3 aromatic heterocycles. The van der Waals surface area contributed by atoms with Crippen LogP contribution in [0.5, 0.6) is 0 Å². The van der Waals surface area contributed by atoms with Gasteiger partial charge < -0.3 is 13.7 Å². The van der Waals surface area contributed by atoms with E-state index in [1.54, 1.807) is 0 Å². The van der Waals surface area contributed by atoms with Gasteiger partial charge in [-0.3, -0.25) is 0 Å². The SMILES string of the molecule is c1ccc(-c2ccc([Si](c3ccccc3)(c3ccccc3)c3cc(-c4ccccc4)c(-n4c5ccccc5c5cc(-c6cccc(-n7c8ccccc8c8cc(-n9c%10ccccc%10c%10ccccc%109)ccc87)c6)ccc54)c(-c4ccccc4)c3)cc2)cc1. The van der Waals surface area contributed by atoms with Crippen molar-refractivity contribution in [3.05, 3.63) is 346 Å². The minimum atomic E-state index is -3.11. The first kappa shape index (κ1) is 51.1. The summed E-state index contributed by atoms with van der Waals surface area (Å²) in [6.07, 6.45) is 0. The minimum Gasteiger partial charge on any atom is -0.309 e. The van der Waals surface area contributed by atoms with Gasteiger partial charge in [-0.15, -0.1) is 0 Å². The molecule has 0 N–H and O–H groups in total. The Hall–Kier alpha value is -11.3. The van der Waals surface area contributed by atoms with Gasteiger partial charge in [0.2, 0.25) is 0 Å². The van der Waals surface area contributed by atoms with Crippen molar-refractivity contribution in [2.75, 3.05) is 0 Å². The third-order valence-electron chi connectivity index (χ3n) is 18.4. The van der Waals surface area contributed by atoms with Crippen LogP contribution in [-0.2, 0) is 0 Å². The molecule has 17 aromatic rings. The van der Waals surface area contributed by atoms with E-state index >= 15 is 0 Å². The number of aromatic nitrogens is 3. The van der Waals surface area contributed by atoms with Crippen molar-refractivity contribution in [3.8, 4) is 61.6 Å². The van der Waals surface area contributed by atoms with Crippen molar-refractivity contribution < 1.29 is 0 Å². The third kappa shape index (κ3) is 8.18. The van der Waals surface area contributed by atoms with Crippen molar-refractivity contribution in [3.63, 3.8) is 0 Å². The maximum absolute atomic E-state index is 3.11. The number of benzene rings is 14. The van der Waals surface area contributed by atoms with Gasteiger partial charge in [-0.05, 0) is 121 Å². The average molecular weight is 1140 g/mol. The Morgan fingerprint density at radius 2 is 0.523 bits per heavy atom. The lowest BCUT2D eigenvalue weighted by Crippen LogP contribution is -2.74. The Bertz CT molecular complexity index is 5320. The smallest absolute Gasteiger partial charge is 0.179 e. The van der Waals surface area contributed by atoms with Gasteiger partial charge in [-0.25, -0.2) is 0 Å². The lowest BCUT2D eigenvalue weighted by atomic mass is 9.95. The lowest BCUT2D eigenvalue weighted by molar-refractivity contribution is 1.17. The van der Waals surface area contributed by atoms with Crippen LogP contribution in [0.3, 0.4) is 0 Å². The molecule has 0 saturated carbocycles. The molecule has 0 saturated heterocycles. The second kappa shape index (κ2) is 21.0. The fraction of sp³-hybridized carbons (Fsp3) is 0. The van der Waals surface area contributed by atoms with E-state index in [4.69, 9.17) is 0 Å². The molecular weight excluding hydrogens is 1080 g/mol. The lowest BCUT2D eigenvalue weighted by Gasteiger charge is -2.36. The van der Waals surface area contributed by atoms with Crippen LogP contribution in [0.1, 0.15) is 0 Å². The first-order chi connectivity index (χ1) is 43.7. The highest BCUT2D eigenvalue weighted by atomic mass is 28.3. The van der Waals surface area contributed by atoms with E-state index in [1.165, 1.54) is 97.4 Å². The summed E-state index contributed by atoms with van der Waals surface area (Å²) in [5, 5.41) is 12.7. The maximum atomic E-state index is 2.56. The van der Waals surface area contributed by atoms with Gasteiger partial charge in [0.15, 0.2) is 8.07 Å². The van der Waals surface area contributed by atoms with E-state index in [0.29, 0.717) is 0 Å². The molecule has 0 atom stereocenters. The molecular formula is C84H57N3Si. The molecule has 0 spiro atoms. The molecule has 0 fully saturated rings. The van der Waals surface area contributed by atoms with Crippen molar-refractivity contribution >= 4 is 94.2 Å². The van der Waals surface area contributed by atoms with Crippen LogP contribution in [0.15, 0.2) is 346 Å². The van der Waals surface area contributed by atoms with Gasteiger partial charge in [0, 0.05) is 54.8 Å². The van der Waals surface area contributed by atoms with Crippen LogP contribution < -0.4 is 20.7 Å². The van der Waals surface area contributed by atoms with E-state index in [1.807, 2.05) is 0 Å². The molecule has 0 bridgehead atoms. The van der Waals surface area contributed by atoms with E-state index in [2.05, 4.69) is 359 Å². The van der Waals surface area contributed by atoms with Gasteiger partial charge in [0.05, 0.1) is 38.8 Å². The second-order valence-corrected chi connectivity index (χ2v) is 26.9. The molecule has 3 nitrogen and oxygen atoms in total. The predicted molar refractivity (Wildman–Crippen MR) is 375 cm³/mol. The Balaban J connectivity index is 0.864. The zero-order valence-electron chi connectivity index (χ0n) is 48.3. The highest BCUT2D eigenvalue weighted by molar-refractivity contribution is 7.20. The quantitative estimate of drug-likeness (QED) is 0.0906. The van der Waals surface area contributed by atoms with Crippen LogP contribution >= 0.6 is 0 Å². The van der Waals surface area contributed by atoms with Crippen molar-refractivity contribution in [1.82, 2.24) is 13.7 Å². The molecule has 0 aliphatic heterocycles. The highest BCUT2D eigenvalue weighted by Gasteiger charge is 2.43. The second-order valence-electron chi connectivity index (χ2n) is 23.1. The molecule has 0 unspecified atom stereocenters. The normalized spacial score (nSPS) is 11.9. The maximum Gasteiger partial charge on any atom is 0.179 e. The molecule has 4 heteroatoms. The Morgan fingerprint density at radius 1 is 0.182 bits per heavy atom. The molecule has 88 heavy (non-hydrogen) atoms. The predicted octanol–water partition coefficient (Wildman–Crippen LogP) is 19.0. The molecule has 0 aliphatic rings. The summed E-state index contributed by atoms with van der Waals surface area (Å²) < 4.78 is 7.43. The van der Waals surface area contributed by atoms with Gasteiger partial charge in [0.1, 0.15) is 0 Å². The van der Waals surface area contributed by atoms with Crippen LogP contribution in [0.2, 0.25) is 0 Å². The largest absolute Gasteiger partial charge is 0.309 e. The van der Waals surface area contributed by atoms with Crippen LogP contribution in [-0.4, -0.2) is 21.8 Å². The fourth-order valence-electron chi connectivity index (χ4n) is 14.5. The summed E-state index contributed by atoms with van der Waals surface area (Å²) in [4.78, 5) is 0. The monoisotopic (exact) mass is 1140 g/mol. The summed E-state index contributed by atoms with van der Waals surface area (Å²) in [6, 6.07) is 129. The summed E-state index contributed by atoms with van der Waals surface area (Å²) >= 11 is 0. The van der Waals surface area contributed by atoms with Gasteiger partial charge in [-0.2, -0.15) is 0 Å². The Kier molecular flexibility index (Phi) is 12.2. The Labute approximate surface area is 512 Å². The summed E-state index contributed by atoms with van der Waals surface area (Å²) in [6.45, 7) is 0. The summed E-state index contributed by atoms with van der Waals surface area (Å²) in [5.74, 6) is 0. The number of fused-ring (bicyclic) bond motifs is 9. The van der Waals surface area contributed by atoms with Crippen molar-refractivity contribution in [2.24, 2.45) is 0 Å². The molecule has 3 heterocycles. The zero-order chi connectivity index (χ0) is 58.1. The number of rotatable bonds is 11. The number of hydrogen-bond acceptors (Lipinski definition) is 0. The first-order valence-electron chi connectivity index (χ1n) is 30.4. The molecule has 14 aromatic carbocycles. The number of para-hydroxylation sites is 4. The standard InChI is InChI=1S/C84H57N3Si/c1-6-25-58(26-7-1)59-45-49-68(50-46-59)88(66-33-12-4-13-34-66,67-35-14-5-15-36-67)69-56-74(60-27-8-2-9-28-60)84(75(57-69)61-29-10-3-11-30-61)87-81-44-23-19-39-72(81)76-54-63(47-51-83(76)87)62-31-24-32-64(53-62)85-80-43-22-18-40-73(80)77-55-65(48-52-82(77)85)86-78-41-20-16-37-70(78)71-38-17-21-42-79(71)86/h1-57H. The molecule has 412 valence electrons. The van der Waals surface area contributed by atoms with E-state index in [9.17, 15) is 0 Å². The molecule has 17 rings (SSSR count). The molecule has 0 aliphatic carbocycles. The molecule has 0 amide bonds. The van der Waals surface area contributed by atoms with Gasteiger partial charge in [0.25, 0.3) is 0 Å². The van der Waals surface area contributed by atoms with E-state index in [0.717, 1.165) is 50.3 Å². The van der Waals surface area contributed by atoms with Crippen molar-refractivity contribution in [2.45, 2.75) is 0 Å². The van der Waals surface area contributed by atoms with Crippen LogP contribution in [0.4, 0.5) is 0 Å². The van der Waals surface area contributed by atoms with Gasteiger partial charge >= 0.3 is 0 Å². The van der Waals surface area contributed by atoms with Gasteiger partial charge in [-0.1, -0.05) is 279 Å². The summed E-state index contributed by atoms with van der Waals surface area (Å²) in [7, 11) is -3.11. The van der Waals surface area contributed by atoms with E-state index in [-0.39, 0.29) is 0 Å². The Morgan fingerprint density at radius 3 is 1.05 bits per heavy atom. The van der Waals surface area contributed by atoms with Crippen LogP contribution in [0.25, 0.3) is 127 Å². The average Bonchev–Trinajstić information content (AvgIpc) is 1.57. The fourth-order valence-corrected chi connectivity index (χ4v) is 19.3. The molecule has 0 radical (unpaired) electrons. The number of nitrogens with zero attached hydrogens (tertiary/aromatic N) is 3.